The fourth-order valence-electron chi connectivity index (χ4n) is 0.607. The van der Waals surface area contributed by atoms with E-state index in [0.717, 1.165) is 0 Å². The lowest BCUT2D eigenvalue weighted by Crippen LogP contribution is -2.36. The van der Waals surface area contributed by atoms with Crippen LogP contribution in [0.25, 0.3) is 0 Å². The van der Waals surface area contributed by atoms with Gasteiger partial charge < -0.3 is 15.3 Å². The number of hydrogen-bond acceptors (Lipinski definition) is 4. The lowest BCUT2D eigenvalue weighted by atomic mass is 10.1. The van der Waals surface area contributed by atoms with E-state index in [9.17, 15) is 9.18 Å². The van der Waals surface area contributed by atoms with Crippen LogP contribution in [0.4, 0.5) is 4.39 Å². The normalized spacial score (nSPS) is 19.0. The van der Waals surface area contributed by atoms with Crippen LogP contribution < -0.4 is 0 Å². The van der Waals surface area contributed by atoms with E-state index in [1.54, 1.807) is 0 Å². The van der Waals surface area contributed by atoms with Crippen molar-refractivity contribution in [2.45, 2.75) is 31.7 Å². The van der Waals surface area contributed by atoms with Crippen LogP contribution >= 0.6 is 0 Å². The second kappa shape index (κ2) is 4.38. The first kappa shape index (κ1) is 10.5. The van der Waals surface area contributed by atoms with Gasteiger partial charge in [0.05, 0.1) is 18.6 Å². The van der Waals surface area contributed by atoms with Gasteiger partial charge in [-0.15, -0.1) is 0 Å². The average Bonchev–Trinajstić information content (AvgIpc) is 1.84. The maximum atomic E-state index is 11.6. The Morgan fingerprint density at radius 3 is 2.18 bits per heavy atom. The van der Waals surface area contributed by atoms with E-state index in [4.69, 9.17) is 15.3 Å². The summed E-state index contributed by atoms with van der Waals surface area (Å²) >= 11 is 0. The Labute approximate surface area is 63.3 Å². The Kier molecular flexibility index (Phi) is 4.17. The number of halogens is 1. The van der Waals surface area contributed by atoms with Gasteiger partial charge in [0.1, 0.15) is 6.10 Å². The molecule has 0 saturated carbocycles. The van der Waals surface area contributed by atoms with Crippen molar-refractivity contribution in [2.24, 2.45) is 0 Å². The summed E-state index contributed by atoms with van der Waals surface area (Å²) in [6, 6.07) is -1.71. The molecule has 0 bridgehead atoms. The van der Waals surface area contributed by atoms with Crippen molar-refractivity contribution in [3.63, 3.8) is 0 Å². The summed E-state index contributed by atoms with van der Waals surface area (Å²) in [5.74, 6) is 0. The number of aliphatic hydroxyl groups excluding tert-OH is 3. The minimum Gasteiger partial charge on any atom is -0.391 e. The van der Waals surface area contributed by atoms with Crippen molar-refractivity contribution in [2.75, 3.05) is 0 Å². The third-order valence-corrected chi connectivity index (χ3v) is 1.26. The Bertz CT molecular complexity index is 137. The molecule has 5 heteroatoms. The van der Waals surface area contributed by atoms with Gasteiger partial charge in [0.15, 0.2) is 0 Å². The summed E-state index contributed by atoms with van der Waals surface area (Å²) in [4.78, 5) is 9.76. The molecule has 0 aromatic heterocycles. The summed E-state index contributed by atoms with van der Waals surface area (Å²) in [6.45, 7) is 1.23. The van der Waals surface area contributed by atoms with Gasteiger partial charge in [0.2, 0.25) is 0 Å². The van der Waals surface area contributed by atoms with E-state index >= 15 is 0 Å². The van der Waals surface area contributed by atoms with Crippen LogP contribution in [-0.4, -0.2) is 39.7 Å². The van der Waals surface area contributed by atoms with Crippen LogP contribution in [0.5, 0.6) is 0 Å². The Morgan fingerprint density at radius 1 is 1.45 bits per heavy atom. The molecule has 0 radical (unpaired) electrons. The molecular formula is C6H11FO4. The van der Waals surface area contributed by atoms with Crippen LogP contribution in [0.2, 0.25) is 0 Å². The monoisotopic (exact) mass is 166 g/mol. The second-order valence-electron chi connectivity index (χ2n) is 2.36. The standard InChI is InChI=1S/C6H11FO4/c1-3(8)6(11)4(9)2-5(7)10/h3-4,6,8-9,11H,2H2,1H3/t3-,4-,6+/m0/s1. The molecule has 3 atom stereocenters. The average molecular weight is 166 g/mol. The minimum absolute atomic E-state index is 0.786. The summed E-state index contributed by atoms with van der Waals surface area (Å²) < 4.78 is 11.6. The van der Waals surface area contributed by atoms with E-state index in [1.165, 1.54) is 6.92 Å². The summed E-state index contributed by atoms with van der Waals surface area (Å²) in [6.07, 6.45) is -4.97. The maximum Gasteiger partial charge on any atom is 0.304 e. The van der Waals surface area contributed by atoms with Crippen molar-refractivity contribution < 1.29 is 24.5 Å². The molecule has 0 fully saturated rings. The van der Waals surface area contributed by atoms with Crippen LogP contribution in [-0.2, 0) is 4.79 Å². The van der Waals surface area contributed by atoms with Crippen LogP contribution in [0.15, 0.2) is 0 Å². The van der Waals surface area contributed by atoms with Gasteiger partial charge in [0, 0.05) is 0 Å². The molecule has 0 unspecified atom stereocenters. The number of rotatable bonds is 4. The molecule has 0 spiro atoms. The lowest BCUT2D eigenvalue weighted by molar-refractivity contribution is -0.134. The zero-order chi connectivity index (χ0) is 9.02. The number of aliphatic hydroxyl groups is 3. The van der Waals surface area contributed by atoms with E-state index in [0.29, 0.717) is 0 Å². The molecule has 0 rings (SSSR count). The molecule has 0 aromatic rings. The number of carbonyl (C=O) groups is 1. The lowest BCUT2D eigenvalue weighted by Gasteiger charge is -2.17. The Balaban J connectivity index is 3.82. The van der Waals surface area contributed by atoms with Crippen molar-refractivity contribution in [1.82, 2.24) is 0 Å². The Hall–Kier alpha value is -0.520. The van der Waals surface area contributed by atoms with Crippen molar-refractivity contribution in [3.05, 3.63) is 0 Å². The second-order valence-corrected chi connectivity index (χ2v) is 2.36. The van der Waals surface area contributed by atoms with Crippen LogP contribution in [0, 0.1) is 0 Å². The van der Waals surface area contributed by atoms with Crippen molar-refractivity contribution in [1.29, 1.82) is 0 Å². The molecular weight excluding hydrogens is 155 g/mol. The van der Waals surface area contributed by atoms with E-state index in [2.05, 4.69) is 0 Å². The molecule has 0 aliphatic carbocycles. The third-order valence-electron chi connectivity index (χ3n) is 1.26. The summed E-state index contributed by atoms with van der Waals surface area (Å²) in [5.41, 5.74) is 0. The summed E-state index contributed by atoms with van der Waals surface area (Å²) in [5, 5.41) is 26.3. The predicted molar refractivity (Wildman–Crippen MR) is 34.4 cm³/mol. The van der Waals surface area contributed by atoms with Gasteiger partial charge >= 0.3 is 6.04 Å². The maximum absolute atomic E-state index is 11.6. The smallest absolute Gasteiger partial charge is 0.304 e. The highest BCUT2D eigenvalue weighted by molar-refractivity contribution is 5.68. The number of hydrogen-bond donors (Lipinski definition) is 3. The molecule has 0 amide bonds. The molecule has 66 valence electrons. The van der Waals surface area contributed by atoms with Crippen LogP contribution in [0.3, 0.4) is 0 Å². The van der Waals surface area contributed by atoms with Gasteiger partial charge in [-0.1, -0.05) is 0 Å². The van der Waals surface area contributed by atoms with E-state index in [1.807, 2.05) is 0 Å². The van der Waals surface area contributed by atoms with E-state index in [-0.39, 0.29) is 0 Å². The first-order valence-electron chi connectivity index (χ1n) is 3.17. The molecule has 3 N–H and O–H groups in total. The van der Waals surface area contributed by atoms with Gasteiger partial charge in [0.25, 0.3) is 0 Å². The fourth-order valence-corrected chi connectivity index (χ4v) is 0.607. The largest absolute Gasteiger partial charge is 0.391 e. The molecule has 4 nitrogen and oxygen atoms in total. The highest BCUT2D eigenvalue weighted by atomic mass is 19.1. The predicted octanol–water partition coefficient (Wildman–Crippen LogP) is -1.02. The molecule has 0 aliphatic heterocycles. The van der Waals surface area contributed by atoms with Crippen LogP contribution in [0.1, 0.15) is 13.3 Å². The molecule has 0 saturated heterocycles. The molecule has 0 aromatic carbocycles. The van der Waals surface area contributed by atoms with Gasteiger partial charge in [-0.05, 0) is 6.92 Å². The number of carbonyl (C=O) groups excluding carboxylic acids is 1. The van der Waals surface area contributed by atoms with Crippen molar-refractivity contribution >= 4 is 6.04 Å². The highest BCUT2D eigenvalue weighted by Crippen LogP contribution is 2.04. The molecule has 0 aliphatic rings. The molecule has 11 heavy (non-hydrogen) atoms. The molecule has 0 heterocycles. The minimum atomic E-state index is -1.71. The first-order chi connectivity index (χ1) is 4.95. The third kappa shape index (κ3) is 4.02. The Morgan fingerprint density at radius 2 is 1.91 bits per heavy atom. The zero-order valence-corrected chi connectivity index (χ0v) is 6.07. The van der Waals surface area contributed by atoms with E-state index < -0.39 is 30.8 Å². The van der Waals surface area contributed by atoms with Crippen molar-refractivity contribution in [3.8, 4) is 0 Å². The quantitative estimate of drug-likeness (QED) is 0.467. The first-order valence-corrected chi connectivity index (χ1v) is 3.17. The van der Waals surface area contributed by atoms with Gasteiger partial charge in [-0.2, -0.15) is 4.39 Å². The SMILES string of the molecule is C[C@H](O)[C@@H](O)[C@@H](O)CC(=O)F. The topological polar surface area (TPSA) is 77.8 Å². The highest BCUT2D eigenvalue weighted by Gasteiger charge is 2.23. The zero-order valence-electron chi connectivity index (χ0n) is 6.07. The van der Waals surface area contributed by atoms with Gasteiger partial charge in [-0.25, -0.2) is 0 Å². The van der Waals surface area contributed by atoms with Gasteiger partial charge in [-0.3, -0.25) is 4.79 Å². The fraction of sp³-hybridized carbons (Fsp3) is 0.833. The summed E-state index contributed by atoms with van der Waals surface area (Å²) in [7, 11) is 0.